The van der Waals surface area contributed by atoms with E-state index in [9.17, 15) is 14.7 Å². The smallest absolute Gasteiger partial charge is 0.251 e. The number of aliphatic hydroxyl groups excluding tert-OH is 1. The van der Waals surface area contributed by atoms with Crippen LogP contribution in [0.4, 0.5) is 0 Å². The minimum atomic E-state index is -0.434. The van der Waals surface area contributed by atoms with E-state index >= 15 is 0 Å². The number of β-amino-alcohol motifs (C(OH)–C–C–N with tert-alkyl or cyclic N) is 1. The molecule has 0 radical (unpaired) electrons. The average molecular weight is 262 g/mol. The van der Waals surface area contributed by atoms with Crippen LogP contribution >= 0.6 is 0 Å². The second-order valence-corrected chi connectivity index (χ2v) is 4.83. The Hall–Kier alpha value is -1.88. The minimum absolute atomic E-state index is 0.0283. The van der Waals surface area contributed by atoms with Gasteiger partial charge in [0.2, 0.25) is 5.91 Å². The molecule has 102 valence electrons. The number of aryl methyl sites for hydroxylation is 1. The zero-order valence-corrected chi connectivity index (χ0v) is 10.9. The SMILES string of the molecule is Cc1ccc(C(=O)NCC(=O)N2CC[C@H](O)C2)cc1. The molecule has 1 heterocycles. The number of carbonyl (C=O) groups excluding carboxylic acids is 2. The van der Waals surface area contributed by atoms with Gasteiger partial charge in [-0.05, 0) is 25.5 Å². The number of nitrogens with one attached hydrogen (secondary N) is 1. The Morgan fingerprint density at radius 3 is 2.63 bits per heavy atom. The van der Waals surface area contributed by atoms with E-state index in [1.165, 1.54) is 0 Å². The molecule has 0 aliphatic carbocycles. The minimum Gasteiger partial charge on any atom is -0.391 e. The maximum atomic E-state index is 11.8. The Bertz CT molecular complexity index is 470. The highest BCUT2D eigenvalue weighted by atomic mass is 16.3. The van der Waals surface area contributed by atoms with Crippen molar-refractivity contribution in [1.29, 1.82) is 0 Å². The zero-order valence-electron chi connectivity index (χ0n) is 10.9. The van der Waals surface area contributed by atoms with Crippen LogP contribution in [0.5, 0.6) is 0 Å². The van der Waals surface area contributed by atoms with Crippen molar-refractivity contribution in [3.63, 3.8) is 0 Å². The first-order chi connectivity index (χ1) is 9.06. The fraction of sp³-hybridized carbons (Fsp3) is 0.429. The number of carbonyl (C=O) groups is 2. The third-order valence-electron chi connectivity index (χ3n) is 3.23. The number of nitrogens with zero attached hydrogens (tertiary/aromatic N) is 1. The van der Waals surface area contributed by atoms with Crippen LogP contribution in [0.25, 0.3) is 0 Å². The van der Waals surface area contributed by atoms with Gasteiger partial charge in [0, 0.05) is 18.7 Å². The van der Waals surface area contributed by atoms with Crippen LogP contribution in [-0.2, 0) is 4.79 Å². The first-order valence-corrected chi connectivity index (χ1v) is 6.37. The maximum Gasteiger partial charge on any atom is 0.251 e. The van der Waals surface area contributed by atoms with Crippen molar-refractivity contribution in [3.05, 3.63) is 35.4 Å². The highest BCUT2D eigenvalue weighted by Crippen LogP contribution is 2.08. The molecule has 0 bridgehead atoms. The van der Waals surface area contributed by atoms with E-state index in [-0.39, 0.29) is 18.4 Å². The first kappa shape index (κ1) is 13.5. The number of aliphatic hydroxyl groups is 1. The summed E-state index contributed by atoms with van der Waals surface area (Å²) in [5, 5.41) is 11.9. The predicted octanol–water partition coefficient (Wildman–Crippen LogP) is 0.318. The van der Waals surface area contributed by atoms with Crippen molar-refractivity contribution in [2.75, 3.05) is 19.6 Å². The molecule has 0 aromatic heterocycles. The van der Waals surface area contributed by atoms with E-state index < -0.39 is 6.10 Å². The summed E-state index contributed by atoms with van der Waals surface area (Å²) in [4.78, 5) is 25.2. The lowest BCUT2D eigenvalue weighted by atomic mass is 10.1. The standard InChI is InChI=1S/C14H18N2O3/c1-10-2-4-11(5-3-10)14(19)15-8-13(18)16-7-6-12(17)9-16/h2-5,12,17H,6-9H2,1H3,(H,15,19)/t12-/m0/s1. The zero-order chi connectivity index (χ0) is 13.8. The molecule has 0 spiro atoms. The van der Waals surface area contributed by atoms with E-state index in [0.29, 0.717) is 25.1 Å². The van der Waals surface area contributed by atoms with Crippen LogP contribution in [-0.4, -0.2) is 47.6 Å². The van der Waals surface area contributed by atoms with E-state index in [2.05, 4.69) is 5.32 Å². The molecule has 2 N–H and O–H groups in total. The quantitative estimate of drug-likeness (QED) is 0.824. The Morgan fingerprint density at radius 1 is 1.37 bits per heavy atom. The molecule has 1 aromatic carbocycles. The van der Waals surface area contributed by atoms with Crippen molar-refractivity contribution in [3.8, 4) is 0 Å². The van der Waals surface area contributed by atoms with Gasteiger partial charge < -0.3 is 15.3 Å². The number of hydrogen-bond acceptors (Lipinski definition) is 3. The summed E-state index contributed by atoms with van der Waals surface area (Å²) in [6.07, 6.45) is 0.175. The van der Waals surface area contributed by atoms with Crippen molar-refractivity contribution in [1.82, 2.24) is 10.2 Å². The van der Waals surface area contributed by atoms with Crippen LogP contribution in [0, 0.1) is 6.92 Å². The lowest BCUT2D eigenvalue weighted by Crippen LogP contribution is -2.39. The molecule has 2 amide bonds. The Labute approximate surface area is 112 Å². The Kier molecular flexibility index (Phi) is 4.16. The van der Waals surface area contributed by atoms with Gasteiger partial charge in [-0.3, -0.25) is 9.59 Å². The molecule has 19 heavy (non-hydrogen) atoms. The summed E-state index contributed by atoms with van der Waals surface area (Å²) in [6, 6.07) is 7.17. The maximum absolute atomic E-state index is 11.8. The molecular weight excluding hydrogens is 244 g/mol. The summed E-state index contributed by atoms with van der Waals surface area (Å²) >= 11 is 0. The highest BCUT2D eigenvalue weighted by molar-refractivity contribution is 5.96. The third kappa shape index (κ3) is 3.54. The summed E-state index contributed by atoms with van der Waals surface area (Å²) < 4.78 is 0. The number of hydrogen-bond donors (Lipinski definition) is 2. The molecule has 1 fully saturated rings. The molecule has 1 atom stereocenters. The summed E-state index contributed by atoms with van der Waals surface area (Å²) in [5.74, 6) is -0.412. The fourth-order valence-electron chi connectivity index (χ4n) is 2.04. The van der Waals surface area contributed by atoms with E-state index in [4.69, 9.17) is 0 Å². The molecule has 5 heteroatoms. The van der Waals surface area contributed by atoms with Crippen LogP contribution in [0.3, 0.4) is 0 Å². The molecule has 1 aliphatic rings. The molecular formula is C14H18N2O3. The Balaban J connectivity index is 1.83. The molecule has 1 saturated heterocycles. The second kappa shape index (κ2) is 5.84. The van der Waals surface area contributed by atoms with Gasteiger partial charge in [-0.1, -0.05) is 17.7 Å². The van der Waals surface area contributed by atoms with Crippen LogP contribution in [0.2, 0.25) is 0 Å². The number of likely N-dealkylation sites (tertiary alicyclic amines) is 1. The van der Waals surface area contributed by atoms with E-state index in [1.54, 1.807) is 17.0 Å². The monoisotopic (exact) mass is 262 g/mol. The van der Waals surface area contributed by atoms with Crippen molar-refractivity contribution >= 4 is 11.8 Å². The van der Waals surface area contributed by atoms with Gasteiger partial charge in [0.05, 0.1) is 12.6 Å². The lowest BCUT2D eigenvalue weighted by Gasteiger charge is -2.15. The van der Waals surface area contributed by atoms with Gasteiger partial charge in [0.25, 0.3) is 5.91 Å². The third-order valence-corrected chi connectivity index (χ3v) is 3.23. The van der Waals surface area contributed by atoms with Crippen LogP contribution < -0.4 is 5.32 Å². The largest absolute Gasteiger partial charge is 0.391 e. The molecule has 5 nitrogen and oxygen atoms in total. The van der Waals surface area contributed by atoms with Gasteiger partial charge >= 0.3 is 0 Å². The first-order valence-electron chi connectivity index (χ1n) is 6.37. The molecule has 0 unspecified atom stereocenters. The number of rotatable bonds is 3. The van der Waals surface area contributed by atoms with Gasteiger partial charge in [-0.2, -0.15) is 0 Å². The normalized spacial score (nSPS) is 18.4. The highest BCUT2D eigenvalue weighted by Gasteiger charge is 2.24. The summed E-state index contributed by atoms with van der Waals surface area (Å²) in [7, 11) is 0. The summed E-state index contributed by atoms with van der Waals surface area (Å²) in [6.45, 7) is 2.84. The molecule has 1 aliphatic heterocycles. The van der Waals surface area contributed by atoms with Gasteiger partial charge in [-0.15, -0.1) is 0 Å². The topological polar surface area (TPSA) is 69.6 Å². The van der Waals surface area contributed by atoms with Gasteiger partial charge in [0.1, 0.15) is 0 Å². The van der Waals surface area contributed by atoms with Gasteiger partial charge in [-0.25, -0.2) is 0 Å². The Morgan fingerprint density at radius 2 is 2.05 bits per heavy atom. The fourth-order valence-corrected chi connectivity index (χ4v) is 2.04. The average Bonchev–Trinajstić information content (AvgIpc) is 2.83. The lowest BCUT2D eigenvalue weighted by molar-refractivity contribution is -0.129. The number of amides is 2. The molecule has 2 rings (SSSR count). The van der Waals surface area contributed by atoms with Crippen molar-refractivity contribution in [2.45, 2.75) is 19.4 Å². The second-order valence-electron chi connectivity index (χ2n) is 4.83. The van der Waals surface area contributed by atoms with Crippen LogP contribution in [0.15, 0.2) is 24.3 Å². The van der Waals surface area contributed by atoms with E-state index in [0.717, 1.165) is 5.56 Å². The number of benzene rings is 1. The van der Waals surface area contributed by atoms with Crippen LogP contribution in [0.1, 0.15) is 22.3 Å². The summed E-state index contributed by atoms with van der Waals surface area (Å²) in [5.41, 5.74) is 1.62. The van der Waals surface area contributed by atoms with E-state index in [1.807, 2.05) is 19.1 Å². The molecule has 1 aromatic rings. The predicted molar refractivity (Wildman–Crippen MR) is 70.7 cm³/mol. The molecule has 0 saturated carbocycles. The van der Waals surface area contributed by atoms with Crippen molar-refractivity contribution < 1.29 is 14.7 Å². The van der Waals surface area contributed by atoms with Gasteiger partial charge in [0.15, 0.2) is 0 Å². The van der Waals surface area contributed by atoms with Crippen molar-refractivity contribution in [2.24, 2.45) is 0 Å².